The summed E-state index contributed by atoms with van der Waals surface area (Å²) in [6.07, 6.45) is 0.834. The molecule has 6 nitrogen and oxygen atoms in total. The number of carbonyl (C=O) groups is 2. The maximum atomic E-state index is 13.0. The van der Waals surface area contributed by atoms with E-state index in [-0.39, 0.29) is 5.91 Å². The van der Waals surface area contributed by atoms with E-state index >= 15 is 0 Å². The molecule has 0 saturated carbocycles. The molecule has 0 saturated heterocycles. The van der Waals surface area contributed by atoms with Crippen molar-refractivity contribution < 1.29 is 24.2 Å². The third-order valence-electron chi connectivity index (χ3n) is 4.22. The van der Waals surface area contributed by atoms with E-state index in [0.717, 1.165) is 12.1 Å². The first-order valence-corrected chi connectivity index (χ1v) is 8.52. The molecule has 1 heterocycles. The maximum Gasteiger partial charge on any atom is 0.341 e. The molecule has 136 valence electrons. The quantitative estimate of drug-likeness (QED) is 0.862. The minimum Gasteiger partial charge on any atom is -0.490 e. The van der Waals surface area contributed by atoms with Gasteiger partial charge in [-0.1, -0.05) is 17.7 Å². The van der Waals surface area contributed by atoms with E-state index in [2.05, 4.69) is 6.07 Å². The molecule has 3 rings (SSSR count). The molecule has 1 amide bonds. The van der Waals surface area contributed by atoms with Gasteiger partial charge in [-0.2, -0.15) is 0 Å². The maximum absolute atomic E-state index is 13.0. The molecule has 1 N–H and O–H groups in total. The number of rotatable bonds is 6. The molecule has 0 aromatic heterocycles. The van der Waals surface area contributed by atoms with Gasteiger partial charge in [-0.3, -0.25) is 4.79 Å². The Morgan fingerprint density at radius 2 is 1.92 bits per heavy atom. The summed E-state index contributed by atoms with van der Waals surface area (Å²) in [5, 5.41) is 8.77. The van der Waals surface area contributed by atoms with Crippen molar-refractivity contribution in [2.45, 2.75) is 20.3 Å². The van der Waals surface area contributed by atoms with E-state index < -0.39 is 12.6 Å². The standard InChI is InChI=1S/C20H21NO5/c1-3-25-18-11-15(5-7-17(18)26-12-19(22)23)20(24)21-9-8-14-10-13(2)4-6-16(14)21/h4-7,10-11H,3,8-9,12H2,1-2H3,(H,22,23). The van der Waals surface area contributed by atoms with Crippen molar-refractivity contribution in [3.8, 4) is 11.5 Å². The highest BCUT2D eigenvalue weighted by Crippen LogP contribution is 2.33. The first kappa shape index (κ1) is 17.8. The molecule has 0 aliphatic carbocycles. The van der Waals surface area contributed by atoms with E-state index in [9.17, 15) is 9.59 Å². The van der Waals surface area contributed by atoms with Crippen LogP contribution in [0.4, 0.5) is 5.69 Å². The highest BCUT2D eigenvalue weighted by Gasteiger charge is 2.26. The SMILES string of the molecule is CCOc1cc(C(=O)N2CCc3cc(C)ccc32)ccc1OCC(=O)O. The van der Waals surface area contributed by atoms with Crippen molar-refractivity contribution in [1.29, 1.82) is 0 Å². The van der Waals surface area contributed by atoms with Crippen LogP contribution in [0.2, 0.25) is 0 Å². The number of benzene rings is 2. The van der Waals surface area contributed by atoms with Gasteiger partial charge in [-0.25, -0.2) is 4.79 Å². The summed E-state index contributed by atoms with van der Waals surface area (Å²) in [5.41, 5.74) is 3.76. The molecule has 6 heteroatoms. The number of fused-ring (bicyclic) bond motifs is 1. The van der Waals surface area contributed by atoms with Gasteiger partial charge in [0.25, 0.3) is 5.91 Å². The Labute approximate surface area is 152 Å². The lowest BCUT2D eigenvalue weighted by atomic mass is 10.1. The third kappa shape index (κ3) is 3.64. The van der Waals surface area contributed by atoms with E-state index in [0.29, 0.717) is 30.2 Å². The fraction of sp³-hybridized carbons (Fsp3) is 0.300. The fourth-order valence-electron chi connectivity index (χ4n) is 3.07. The molecule has 0 spiro atoms. The second-order valence-corrected chi connectivity index (χ2v) is 6.12. The summed E-state index contributed by atoms with van der Waals surface area (Å²) in [6, 6.07) is 10.9. The van der Waals surface area contributed by atoms with E-state index in [1.165, 1.54) is 11.1 Å². The van der Waals surface area contributed by atoms with Crippen LogP contribution >= 0.6 is 0 Å². The zero-order valence-electron chi connectivity index (χ0n) is 14.8. The van der Waals surface area contributed by atoms with Gasteiger partial charge in [0.15, 0.2) is 18.1 Å². The Kier molecular flexibility index (Phi) is 5.11. The topological polar surface area (TPSA) is 76.1 Å². The molecule has 0 unspecified atom stereocenters. The molecular weight excluding hydrogens is 334 g/mol. The molecule has 0 atom stereocenters. The lowest BCUT2D eigenvalue weighted by molar-refractivity contribution is -0.139. The lowest BCUT2D eigenvalue weighted by Gasteiger charge is -2.19. The minimum atomic E-state index is -1.07. The molecule has 0 radical (unpaired) electrons. The van der Waals surface area contributed by atoms with Gasteiger partial charge in [-0.05, 0) is 50.1 Å². The van der Waals surface area contributed by atoms with Crippen LogP contribution in [0, 0.1) is 6.92 Å². The van der Waals surface area contributed by atoms with Crippen LogP contribution < -0.4 is 14.4 Å². The summed E-state index contributed by atoms with van der Waals surface area (Å²) in [5.74, 6) is -0.513. The smallest absolute Gasteiger partial charge is 0.341 e. The van der Waals surface area contributed by atoms with Crippen LogP contribution in [0.5, 0.6) is 11.5 Å². The number of carboxylic acid groups (broad SMARTS) is 1. The molecular formula is C20H21NO5. The van der Waals surface area contributed by atoms with E-state index in [4.69, 9.17) is 14.6 Å². The number of anilines is 1. The predicted octanol–water partition coefficient (Wildman–Crippen LogP) is 3.06. The third-order valence-corrected chi connectivity index (χ3v) is 4.22. The zero-order chi connectivity index (χ0) is 18.7. The van der Waals surface area contributed by atoms with Gasteiger partial charge < -0.3 is 19.5 Å². The van der Waals surface area contributed by atoms with Gasteiger partial charge >= 0.3 is 5.97 Å². The molecule has 26 heavy (non-hydrogen) atoms. The number of hydrogen-bond donors (Lipinski definition) is 1. The van der Waals surface area contributed by atoms with Crippen molar-refractivity contribution in [3.63, 3.8) is 0 Å². The molecule has 1 aliphatic heterocycles. The van der Waals surface area contributed by atoms with Crippen molar-refractivity contribution in [3.05, 3.63) is 53.1 Å². The first-order chi connectivity index (χ1) is 12.5. The number of amides is 1. The predicted molar refractivity (Wildman–Crippen MR) is 97.3 cm³/mol. The number of nitrogens with zero attached hydrogens (tertiary/aromatic N) is 1. The lowest BCUT2D eigenvalue weighted by Crippen LogP contribution is -2.28. The van der Waals surface area contributed by atoms with Crippen molar-refractivity contribution in [2.75, 3.05) is 24.7 Å². The number of aryl methyl sites for hydroxylation is 1. The summed E-state index contributed by atoms with van der Waals surface area (Å²) >= 11 is 0. The van der Waals surface area contributed by atoms with Crippen LogP contribution in [0.3, 0.4) is 0 Å². The van der Waals surface area contributed by atoms with E-state index in [1.807, 2.05) is 26.0 Å². The number of hydrogen-bond acceptors (Lipinski definition) is 4. The van der Waals surface area contributed by atoms with Gasteiger partial charge in [0.1, 0.15) is 0 Å². The second-order valence-electron chi connectivity index (χ2n) is 6.12. The van der Waals surface area contributed by atoms with Gasteiger partial charge in [0.05, 0.1) is 6.61 Å². The summed E-state index contributed by atoms with van der Waals surface area (Å²) in [6.45, 7) is 4.40. The summed E-state index contributed by atoms with van der Waals surface area (Å²) < 4.78 is 10.8. The first-order valence-electron chi connectivity index (χ1n) is 8.52. The molecule has 0 fully saturated rings. The number of carboxylic acids is 1. The fourth-order valence-corrected chi connectivity index (χ4v) is 3.07. The molecule has 0 bridgehead atoms. The average Bonchev–Trinajstić information content (AvgIpc) is 3.03. The molecule has 2 aromatic carbocycles. The monoisotopic (exact) mass is 355 g/mol. The minimum absolute atomic E-state index is 0.113. The second kappa shape index (κ2) is 7.47. The number of carbonyl (C=O) groups excluding carboxylic acids is 1. The van der Waals surface area contributed by atoms with Crippen LogP contribution in [0.1, 0.15) is 28.4 Å². The number of ether oxygens (including phenoxy) is 2. The van der Waals surface area contributed by atoms with Crippen molar-refractivity contribution >= 4 is 17.6 Å². The van der Waals surface area contributed by atoms with Crippen LogP contribution in [0.15, 0.2) is 36.4 Å². The zero-order valence-corrected chi connectivity index (χ0v) is 14.8. The van der Waals surface area contributed by atoms with Gasteiger partial charge in [0, 0.05) is 17.8 Å². The van der Waals surface area contributed by atoms with Crippen LogP contribution in [-0.2, 0) is 11.2 Å². The van der Waals surface area contributed by atoms with Gasteiger partial charge in [-0.15, -0.1) is 0 Å². The Hall–Kier alpha value is -3.02. The van der Waals surface area contributed by atoms with Crippen molar-refractivity contribution in [1.82, 2.24) is 0 Å². The Bertz CT molecular complexity index is 846. The van der Waals surface area contributed by atoms with Crippen LogP contribution in [-0.4, -0.2) is 36.7 Å². The normalized spacial score (nSPS) is 12.6. The van der Waals surface area contributed by atoms with E-state index in [1.54, 1.807) is 23.1 Å². The Balaban J connectivity index is 1.86. The Morgan fingerprint density at radius 3 is 2.65 bits per heavy atom. The highest BCUT2D eigenvalue weighted by molar-refractivity contribution is 6.07. The molecule has 1 aliphatic rings. The average molecular weight is 355 g/mol. The number of aliphatic carboxylic acids is 1. The van der Waals surface area contributed by atoms with Crippen molar-refractivity contribution in [2.24, 2.45) is 0 Å². The summed E-state index contributed by atoms with van der Waals surface area (Å²) in [4.78, 5) is 25.4. The largest absolute Gasteiger partial charge is 0.490 e. The van der Waals surface area contributed by atoms with Crippen LogP contribution in [0.25, 0.3) is 0 Å². The molecule has 2 aromatic rings. The van der Waals surface area contributed by atoms with Gasteiger partial charge in [0.2, 0.25) is 0 Å². The highest BCUT2D eigenvalue weighted by atomic mass is 16.5. The summed E-state index contributed by atoms with van der Waals surface area (Å²) in [7, 11) is 0. The Morgan fingerprint density at radius 1 is 1.12 bits per heavy atom.